The van der Waals surface area contributed by atoms with Gasteiger partial charge in [-0.1, -0.05) is 0 Å². The van der Waals surface area contributed by atoms with Crippen LogP contribution in [0.1, 0.15) is 49.1 Å². The maximum Gasteiger partial charge on any atom is 0.0893 e. The molecule has 1 nitrogen and oxygen atoms in total. The van der Waals surface area contributed by atoms with Crippen molar-refractivity contribution in [3.8, 4) is 0 Å². The van der Waals surface area contributed by atoms with Crippen molar-refractivity contribution in [2.24, 2.45) is 5.92 Å². The molecule has 0 spiro atoms. The molecular formula is C19H26NS2+. The summed E-state index contributed by atoms with van der Waals surface area (Å²) in [4.78, 5) is 0. The van der Waals surface area contributed by atoms with E-state index in [1.165, 1.54) is 47.7 Å². The van der Waals surface area contributed by atoms with Crippen LogP contribution in [0, 0.1) is 5.92 Å². The molecule has 118 valence electrons. The normalized spacial score (nSPS) is 30.0. The standard InChI is InChI=1S/C19H26NS2/c1-20(2)17-3-4-18(20)10-14(9-17)11-19(15-5-7-21-12-15)16-6-8-22-13-16/h5-8,12-14,17-19H,3-4,9-11H2,1-2H3/q+1/t14?,17-,18+. The summed E-state index contributed by atoms with van der Waals surface area (Å²) >= 11 is 3.68. The summed E-state index contributed by atoms with van der Waals surface area (Å²) in [6, 6.07) is 6.50. The molecule has 2 saturated heterocycles. The average Bonchev–Trinajstić information content (AvgIpc) is 3.19. The van der Waals surface area contributed by atoms with E-state index in [1.54, 1.807) is 0 Å². The molecule has 0 N–H and O–H groups in total. The third-order valence-corrected chi connectivity index (χ3v) is 7.79. The van der Waals surface area contributed by atoms with Gasteiger partial charge in [-0.3, -0.25) is 0 Å². The van der Waals surface area contributed by atoms with E-state index in [1.807, 2.05) is 22.7 Å². The molecule has 2 aliphatic heterocycles. The fourth-order valence-corrected chi connectivity index (χ4v) is 6.36. The molecule has 2 fully saturated rings. The number of thiophene rings is 2. The summed E-state index contributed by atoms with van der Waals surface area (Å²) in [5.74, 6) is 1.53. The molecule has 2 bridgehead atoms. The molecule has 4 rings (SSSR count). The van der Waals surface area contributed by atoms with Crippen molar-refractivity contribution in [3.05, 3.63) is 44.8 Å². The van der Waals surface area contributed by atoms with Crippen molar-refractivity contribution in [3.63, 3.8) is 0 Å². The van der Waals surface area contributed by atoms with Gasteiger partial charge in [-0.15, -0.1) is 0 Å². The molecule has 2 aromatic rings. The highest BCUT2D eigenvalue weighted by Gasteiger charge is 2.48. The second kappa shape index (κ2) is 5.77. The van der Waals surface area contributed by atoms with E-state index in [4.69, 9.17) is 0 Å². The van der Waals surface area contributed by atoms with Crippen LogP contribution in [0.25, 0.3) is 0 Å². The number of hydrogen-bond acceptors (Lipinski definition) is 2. The van der Waals surface area contributed by atoms with Crippen LogP contribution in [0.5, 0.6) is 0 Å². The van der Waals surface area contributed by atoms with Gasteiger partial charge in [0.2, 0.25) is 0 Å². The Labute approximate surface area is 142 Å². The Morgan fingerprint density at radius 1 is 1.00 bits per heavy atom. The van der Waals surface area contributed by atoms with E-state index < -0.39 is 0 Å². The van der Waals surface area contributed by atoms with Gasteiger partial charge in [0.15, 0.2) is 0 Å². The molecule has 22 heavy (non-hydrogen) atoms. The van der Waals surface area contributed by atoms with Crippen LogP contribution in [0.2, 0.25) is 0 Å². The largest absolute Gasteiger partial charge is 0.324 e. The van der Waals surface area contributed by atoms with Gasteiger partial charge in [-0.25, -0.2) is 0 Å². The van der Waals surface area contributed by atoms with Gasteiger partial charge < -0.3 is 4.48 Å². The quantitative estimate of drug-likeness (QED) is 0.662. The van der Waals surface area contributed by atoms with E-state index in [2.05, 4.69) is 47.7 Å². The molecule has 0 radical (unpaired) electrons. The van der Waals surface area contributed by atoms with Crippen LogP contribution in [0.4, 0.5) is 0 Å². The topological polar surface area (TPSA) is 0 Å². The zero-order valence-corrected chi connectivity index (χ0v) is 15.2. The lowest BCUT2D eigenvalue weighted by atomic mass is 9.79. The minimum Gasteiger partial charge on any atom is -0.324 e. The predicted molar refractivity (Wildman–Crippen MR) is 96.7 cm³/mol. The Hall–Kier alpha value is -0.640. The molecule has 0 saturated carbocycles. The number of nitrogens with zero attached hydrogens (tertiary/aromatic N) is 1. The molecule has 3 heteroatoms. The minimum absolute atomic E-state index is 0.621. The highest BCUT2D eigenvalue weighted by molar-refractivity contribution is 7.08. The highest BCUT2D eigenvalue weighted by Crippen LogP contribution is 2.46. The fraction of sp³-hybridized carbons (Fsp3) is 0.579. The SMILES string of the molecule is C[N+]1(C)[C@@H]2CC[C@H]1CC(CC(c1ccsc1)c1ccsc1)C2. The summed E-state index contributed by atoms with van der Waals surface area (Å²) in [6.07, 6.45) is 7.13. The van der Waals surface area contributed by atoms with Gasteiger partial charge in [0.25, 0.3) is 0 Å². The van der Waals surface area contributed by atoms with Gasteiger partial charge in [0.1, 0.15) is 0 Å². The minimum atomic E-state index is 0.621. The maximum absolute atomic E-state index is 2.47. The predicted octanol–water partition coefficient (Wildman–Crippen LogP) is 5.35. The molecule has 1 unspecified atom stereocenters. The lowest BCUT2D eigenvalue weighted by Gasteiger charge is -2.45. The average molecular weight is 333 g/mol. The van der Waals surface area contributed by atoms with E-state index in [-0.39, 0.29) is 0 Å². The summed E-state index contributed by atoms with van der Waals surface area (Å²) in [7, 11) is 4.93. The Morgan fingerprint density at radius 3 is 2.00 bits per heavy atom. The summed E-state index contributed by atoms with van der Waals surface area (Å²) in [5, 5.41) is 9.19. The molecule has 2 aliphatic rings. The van der Waals surface area contributed by atoms with Crippen molar-refractivity contribution < 1.29 is 4.48 Å². The van der Waals surface area contributed by atoms with Crippen molar-refractivity contribution >= 4 is 22.7 Å². The zero-order chi connectivity index (χ0) is 15.2. The van der Waals surface area contributed by atoms with Crippen LogP contribution in [0.3, 0.4) is 0 Å². The first-order valence-electron chi connectivity index (χ1n) is 8.52. The van der Waals surface area contributed by atoms with Crippen LogP contribution in [-0.2, 0) is 0 Å². The van der Waals surface area contributed by atoms with Crippen molar-refractivity contribution in [1.82, 2.24) is 0 Å². The molecule has 4 heterocycles. The lowest BCUT2D eigenvalue weighted by Crippen LogP contribution is -2.54. The summed E-state index contributed by atoms with van der Waals surface area (Å²) < 4.78 is 1.29. The third kappa shape index (κ3) is 2.57. The number of fused-ring (bicyclic) bond motifs is 2. The van der Waals surface area contributed by atoms with E-state index in [9.17, 15) is 0 Å². The molecule has 3 atom stereocenters. The van der Waals surface area contributed by atoms with Crippen molar-refractivity contribution in [2.45, 2.75) is 50.1 Å². The molecule has 0 amide bonds. The highest BCUT2D eigenvalue weighted by atomic mass is 32.1. The van der Waals surface area contributed by atoms with Gasteiger partial charge in [-0.2, -0.15) is 22.7 Å². The summed E-state index contributed by atoms with van der Waals surface area (Å²) in [6.45, 7) is 0. The second-order valence-electron chi connectivity index (χ2n) is 7.75. The van der Waals surface area contributed by atoms with E-state index >= 15 is 0 Å². The number of hydrogen-bond donors (Lipinski definition) is 0. The van der Waals surface area contributed by atoms with Gasteiger partial charge in [0, 0.05) is 31.6 Å². The van der Waals surface area contributed by atoms with E-state index in [0.29, 0.717) is 5.92 Å². The van der Waals surface area contributed by atoms with Crippen LogP contribution >= 0.6 is 22.7 Å². The Balaban J connectivity index is 1.54. The smallest absolute Gasteiger partial charge is 0.0893 e. The first kappa shape index (κ1) is 14.9. The Kier molecular flexibility index (Phi) is 3.91. The molecule has 0 aromatic carbocycles. The number of rotatable bonds is 4. The second-order valence-corrected chi connectivity index (χ2v) is 9.31. The maximum atomic E-state index is 2.47. The first-order valence-corrected chi connectivity index (χ1v) is 10.4. The van der Waals surface area contributed by atoms with Crippen molar-refractivity contribution in [2.75, 3.05) is 14.1 Å². The first-order chi connectivity index (χ1) is 10.6. The number of quaternary nitrogens is 1. The molecule has 2 aromatic heterocycles. The molecular weight excluding hydrogens is 306 g/mol. The van der Waals surface area contributed by atoms with Crippen molar-refractivity contribution in [1.29, 1.82) is 0 Å². The lowest BCUT2D eigenvalue weighted by molar-refractivity contribution is -0.931. The monoisotopic (exact) mass is 332 g/mol. The fourth-order valence-electron chi connectivity index (χ4n) is 4.93. The number of piperidine rings is 1. The Bertz CT molecular complexity index is 549. The van der Waals surface area contributed by atoms with E-state index in [0.717, 1.165) is 18.0 Å². The summed E-state index contributed by atoms with van der Waals surface area (Å²) in [5.41, 5.74) is 3.07. The Morgan fingerprint density at radius 2 is 1.55 bits per heavy atom. The zero-order valence-electron chi connectivity index (χ0n) is 13.6. The third-order valence-electron chi connectivity index (χ3n) is 6.39. The molecule has 0 aliphatic carbocycles. The van der Waals surface area contributed by atoms with Crippen LogP contribution < -0.4 is 0 Å². The van der Waals surface area contributed by atoms with Gasteiger partial charge in [-0.05, 0) is 57.1 Å². The van der Waals surface area contributed by atoms with Crippen LogP contribution in [0.15, 0.2) is 33.7 Å². The van der Waals surface area contributed by atoms with Gasteiger partial charge >= 0.3 is 0 Å². The van der Waals surface area contributed by atoms with Gasteiger partial charge in [0.05, 0.1) is 26.2 Å². The van der Waals surface area contributed by atoms with Crippen LogP contribution in [-0.4, -0.2) is 30.7 Å².